The molecule has 1 amide bonds. The van der Waals surface area contributed by atoms with Gasteiger partial charge >= 0.3 is 0 Å². The molecule has 0 radical (unpaired) electrons. The predicted molar refractivity (Wildman–Crippen MR) is 98.3 cm³/mol. The summed E-state index contributed by atoms with van der Waals surface area (Å²) in [5, 5.41) is 9.68. The van der Waals surface area contributed by atoms with Gasteiger partial charge in [-0.2, -0.15) is 0 Å². The summed E-state index contributed by atoms with van der Waals surface area (Å²) >= 11 is 0. The monoisotopic (exact) mass is 340 g/mol. The molecule has 1 N–H and O–H groups in total. The van der Waals surface area contributed by atoms with Gasteiger partial charge in [-0.1, -0.05) is 29.8 Å². The number of carbonyl (C=O) groups is 1. The van der Waals surface area contributed by atoms with Gasteiger partial charge in [0.05, 0.1) is 0 Å². The molecule has 0 saturated carbocycles. The number of hydrogen-bond acceptors (Lipinski definition) is 4. The van der Waals surface area contributed by atoms with E-state index in [0.29, 0.717) is 18.8 Å². The third-order valence-corrected chi connectivity index (χ3v) is 4.54. The average Bonchev–Trinajstić information content (AvgIpc) is 2.61. The molecule has 3 rings (SSSR count). The summed E-state index contributed by atoms with van der Waals surface area (Å²) in [6.07, 6.45) is 0. The Morgan fingerprint density at radius 3 is 2.48 bits per heavy atom. The summed E-state index contributed by atoms with van der Waals surface area (Å²) in [5.74, 6) is 0.336. The molecule has 5 nitrogen and oxygen atoms in total. The Balaban J connectivity index is 1.53. The molecule has 1 fully saturated rings. The molecule has 1 aliphatic heterocycles. The molecule has 0 aliphatic carbocycles. The number of piperazine rings is 1. The minimum absolute atomic E-state index is 0.0509. The Morgan fingerprint density at radius 2 is 1.80 bits per heavy atom. The fraction of sp³-hybridized carbons (Fsp3) is 0.350. The second-order valence-electron chi connectivity index (χ2n) is 6.41. The van der Waals surface area contributed by atoms with Crippen LogP contribution in [0.1, 0.15) is 11.1 Å². The molecule has 0 bridgehead atoms. The lowest BCUT2D eigenvalue weighted by Gasteiger charge is -2.36. The lowest BCUT2D eigenvalue weighted by atomic mass is 10.1. The molecule has 132 valence electrons. The topological polar surface area (TPSA) is 53.0 Å². The number of benzene rings is 2. The van der Waals surface area contributed by atoms with E-state index in [4.69, 9.17) is 4.74 Å². The van der Waals surface area contributed by atoms with E-state index in [0.717, 1.165) is 13.1 Å². The molecule has 0 atom stereocenters. The number of carbonyl (C=O) groups excluding carboxylic acids is 1. The first-order chi connectivity index (χ1) is 12.0. The molecule has 5 heteroatoms. The molecule has 1 heterocycles. The van der Waals surface area contributed by atoms with Crippen molar-refractivity contribution in [1.82, 2.24) is 4.90 Å². The third kappa shape index (κ3) is 4.05. The van der Waals surface area contributed by atoms with E-state index in [-0.39, 0.29) is 18.3 Å². The van der Waals surface area contributed by atoms with Crippen molar-refractivity contribution in [2.45, 2.75) is 13.8 Å². The molecular weight excluding hydrogens is 316 g/mol. The Morgan fingerprint density at radius 1 is 1.08 bits per heavy atom. The van der Waals surface area contributed by atoms with Gasteiger partial charge in [0.2, 0.25) is 0 Å². The highest BCUT2D eigenvalue weighted by atomic mass is 16.5. The van der Waals surface area contributed by atoms with Crippen LogP contribution in [0.2, 0.25) is 0 Å². The van der Waals surface area contributed by atoms with Crippen molar-refractivity contribution in [2.24, 2.45) is 0 Å². The molecule has 0 spiro atoms. The Kier molecular flexibility index (Phi) is 5.12. The van der Waals surface area contributed by atoms with Crippen LogP contribution in [0.15, 0.2) is 42.5 Å². The fourth-order valence-electron chi connectivity index (χ4n) is 3.17. The predicted octanol–water partition coefficient (Wildman–Crippen LogP) is 2.74. The Bertz CT molecular complexity index is 752. The van der Waals surface area contributed by atoms with Crippen LogP contribution in [0.3, 0.4) is 0 Å². The van der Waals surface area contributed by atoms with Gasteiger partial charge in [0, 0.05) is 31.9 Å². The number of para-hydroxylation sites is 2. The normalized spacial score (nSPS) is 14.5. The van der Waals surface area contributed by atoms with E-state index >= 15 is 0 Å². The number of rotatable bonds is 4. The standard InChI is InChI=1S/C20H24N2O3/c1-15-7-8-17(16(2)13-15)21-9-11-22(12-10-21)20(24)14-25-19-6-4-3-5-18(19)23/h3-8,13,23H,9-12,14H2,1-2H3. The zero-order chi connectivity index (χ0) is 17.8. The fourth-order valence-corrected chi connectivity index (χ4v) is 3.17. The van der Waals surface area contributed by atoms with Crippen molar-refractivity contribution < 1.29 is 14.6 Å². The van der Waals surface area contributed by atoms with E-state index < -0.39 is 0 Å². The quantitative estimate of drug-likeness (QED) is 0.930. The molecule has 25 heavy (non-hydrogen) atoms. The van der Waals surface area contributed by atoms with Gasteiger partial charge in [-0.25, -0.2) is 0 Å². The van der Waals surface area contributed by atoms with E-state index in [1.807, 2.05) is 4.90 Å². The highest BCUT2D eigenvalue weighted by Crippen LogP contribution is 2.25. The number of hydrogen-bond donors (Lipinski definition) is 1. The second-order valence-corrected chi connectivity index (χ2v) is 6.41. The minimum atomic E-state index is -0.0544. The van der Waals surface area contributed by atoms with Crippen LogP contribution in [0.4, 0.5) is 5.69 Å². The molecular formula is C20H24N2O3. The van der Waals surface area contributed by atoms with Gasteiger partial charge in [-0.3, -0.25) is 4.79 Å². The average molecular weight is 340 g/mol. The van der Waals surface area contributed by atoms with Gasteiger partial charge in [-0.05, 0) is 37.6 Å². The van der Waals surface area contributed by atoms with Crippen molar-refractivity contribution in [2.75, 3.05) is 37.7 Å². The third-order valence-electron chi connectivity index (χ3n) is 4.54. The van der Waals surface area contributed by atoms with Crippen LogP contribution < -0.4 is 9.64 Å². The molecule has 0 aromatic heterocycles. The molecule has 2 aromatic carbocycles. The van der Waals surface area contributed by atoms with Gasteiger partial charge in [0.15, 0.2) is 18.1 Å². The van der Waals surface area contributed by atoms with Crippen molar-refractivity contribution in [3.05, 3.63) is 53.6 Å². The smallest absolute Gasteiger partial charge is 0.260 e. The Labute approximate surface area is 148 Å². The first-order valence-electron chi connectivity index (χ1n) is 8.55. The van der Waals surface area contributed by atoms with E-state index in [1.165, 1.54) is 16.8 Å². The second kappa shape index (κ2) is 7.47. The number of ether oxygens (including phenoxy) is 1. The van der Waals surface area contributed by atoms with Crippen molar-refractivity contribution in [3.8, 4) is 11.5 Å². The van der Waals surface area contributed by atoms with E-state index in [2.05, 4.69) is 36.9 Å². The molecule has 2 aromatic rings. The number of nitrogens with zero attached hydrogens (tertiary/aromatic N) is 2. The zero-order valence-electron chi connectivity index (χ0n) is 14.7. The Hall–Kier alpha value is -2.69. The summed E-state index contributed by atoms with van der Waals surface area (Å²) in [4.78, 5) is 16.5. The number of amides is 1. The van der Waals surface area contributed by atoms with E-state index in [1.54, 1.807) is 24.3 Å². The first-order valence-corrected chi connectivity index (χ1v) is 8.55. The van der Waals surface area contributed by atoms with Crippen LogP contribution in [0.25, 0.3) is 0 Å². The van der Waals surface area contributed by atoms with E-state index in [9.17, 15) is 9.90 Å². The number of aryl methyl sites for hydroxylation is 2. The first kappa shape index (κ1) is 17.1. The number of phenolic OH excluding ortho intramolecular Hbond substituents is 1. The maximum absolute atomic E-state index is 12.3. The van der Waals surface area contributed by atoms with Crippen molar-refractivity contribution in [1.29, 1.82) is 0 Å². The zero-order valence-corrected chi connectivity index (χ0v) is 14.7. The summed E-state index contributed by atoms with van der Waals surface area (Å²) in [6, 6.07) is 13.2. The van der Waals surface area contributed by atoms with Crippen LogP contribution in [-0.4, -0.2) is 48.7 Å². The number of aromatic hydroxyl groups is 1. The van der Waals surface area contributed by atoms with Crippen LogP contribution in [0.5, 0.6) is 11.5 Å². The maximum atomic E-state index is 12.3. The lowest BCUT2D eigenvalue weighted by molar-refractivity contribution is -0.133. The van der Waals surface area contributed by atoms with Gasteiger partial charge < -0.3 is 19.6 Å². The number of phenols is 1. The SMILES string of the molecule is Cc1ccc(N2CCN(C(=O)COc3ccccc3O)CC2)c(C)c1. The van der Waals surface area contributed by atoms with Gasteiger partial charge in [0.25, 0.3) is 5.91 Å². The van der Waals surface area contributed by atoms with Gasteiger partial charge in [0.1, 0.15) is 0 Å². The summed E-state index contributed by atoms with van der Waals surface area (Å²) < 4.78 is 5.44. The summed E-state index contributed by atoms with van der Waals surface area (Å²) in [5.41, 5.74) is 3.77. The number of anilines is 1. The highest BCUT2D eigenvalue weighted by molar-refractivity contribution is 5.78. The summed E-state index contributed by atoms with van der Waals surface area (Å²) in [7, 11) is 0. The van der Waals surface area contributed by atoms with Crippen LogP contribution >= 0.6 is 0 Å². The largest absolute Gasteiger partial charge is 0.504 e. The van der Waals surface area contributed by atoms with Gasteiger partial charge in [-0.15, -0.1) is 0 Å². The molecule has 1 saturated heterocycles. The molecule has 1 aliphatic rings. The highest BCUT2D eigenvalue weighted by Gasteiger charge is 2.22. The summed E-state index contributed by atoms with van der Waals surface area (Å²) in [6.45, 7) is 7.14. The van der Waals surface area contributed by atoms with Crippen LogP contribution in [0, 0.1) is 13.8 Å². The van der Waals surface area contributed by atoms with Crippen LogP contribution in [-0.2, 0) is 4.79 Å². The molecule has 0 unspecified atom stereocenters. The van der Waals surface area contributed by atoms with Crippen molar-refractivity contribution in [3.63, 3.8) is 0 Å². The maximum Gasteiger partial charge on any atom is 0.260 e. The minimum Gasteiger partial charge on any atom is -0.504 e. The van der Waals surface area contributed by atoms with Crippen molar-refractivity contribution >= 4 is 11.6 Å². The lowest BCUT2D eigenvalue weighted by Crippen LogP contribution is -2.50.